The third-order valence-corrected chi connectivity index (χ3v) is 3.77. The van der Waals surface area contributed by atoms with Crippen LogP contribution in [0.1, 0.15) is 25.3 Å². The minimum atomic E-state index is 0.634. The largest absolute Gasteiger partial charge is 0.494 e. The zero-order chi connectivity index (χ0) is 16.5. The fraction of sp³-hybridized carbons (Fsp3) is 0.368. The summed E-state index contributed by atoms with van der Waals surface area (Å²) < 4.78 is 17.0. The molecule has 0 aliphatic carbocycles. The summed E-state index contributed by atoms with van der Waals surface area (Å²) in [6.45, 7) is 5.88. The Morgan fingerprint density at radius 2 is 1.52 bits per heavy atom. The van der Waals surface area contributed by atoms with Crippen LogP contribution in [-0.2, 0) is 0 Å². The molecule has 23 heavy (non-hydrogen) atoms. The molecule has 0 aliphatic rings. The first-order chi connectivity index (χ1) is 11.2. The molecule has 0 saturated heterocycles. The van der Waals surface area contributed by atoms with Crippen molar-refractivity contribution >= 4 is 11.6 Å². The minimum Gasteiger partial charge on any atom is -0.494 e. The minimum absolute atomic E-state index is 0.634. The molecule has 0 heterocycles. The van der Waals surface area contributed by atoms with E-state index in [0.29, 0.717) is 19.8 Å². The Morgan fingerprint density at radius 3 is 2.17 bits per heavy atom. The third kappa shape index (κ3) is 5.68. The van der Waals surface area contributed by atoms with Crippen LogP contribution >= 0.6 is 11.6 Å². The molecule has 0 atom stereocenters. The molecular formula is C19H23ClO3. The molecule has 0 aliphatic heterocycles. The molecule has 0 spiro atoms. The number of para-hydroxylation sites is 2. The van der Waals surface area contributed by atoms with Crippen LogP contribution in [0.3, 0.4) is 0 Å². The highest BCUT2D eigenvalue weighted by Gasteiger charge is 2.03. The standard InChI is InChI=1S/C19H23ClO3/c1-3-21-18-8-4-5-9-19(18)23-13-7-6-12-22-16-10-11-17(20)15(2)14-16/h4-5,8-11,14H,3,6-7,12-13H2,1-2H3. The van der Waals surface area contributed by atoms with Gasteiger partial charge in [-0.3, -0.25) is 0 Å². The molecule has 0 bridgehead atoms. The first kappa shape index (κ1) is 17.5. The molecule has 3 nitrogen and oxygen atoms in total. The number of hydrogen-bond acceptors (Lipinski definition) is 3. The van der Waals surface area contributed by atoms with Gasteiger partial charge in [0.05, 0.1) is 19.8 Å². The summed E-state index contributed by atoms with van der Waals surface area (Å²) >= 11 is 5.99. The van der Waals surface area contributed by atoms with E-state index in [2.05, 4.69) is 0 Å². The number of benzene rings is 2. The second-order valence-electron chi connectivity index (χ2n) is 5.19. The SMILES string of the molecule is CCOc1ccccc1OCCCCOc1ccc(Cl)c(C)c1. The van der Waals surface area contributed by atoms with Crippen LogP contribution in [-0.4, -0.2) is 19.8 Å². The predicted octanol–water partition coefficient (Wildman–Crippen LogP) is 5.29. The second-order valence-corrected chi connectivity index (χ2v) is 5.60. The number of hydrogen-bond donors (Lipinski definition) is 0. The molecule has 124 valence electrons. The normalized spacial score (nSPS) is 10.4. The first-order valence-electron chi connectivity index (χ1n) is 7.94. The van der Waals surface area contributed by atoms with Crippen molar-refractivity contribution in [3.63, 3.8) is 0 Å². The van der Waals surface area contributed by atoms with Gasteiger partial charge in [-0.1, -0.05) is 23.7 Å². The Balaban J connectivity index is 1.67. The van der Waals surface area contributed by atoms with E-state index < -0.39 is 0 Å². The Labute approximate surface area is 143 Å². The summed E-state index contributed by atoms with van der Waals surface area (Å²) in [5.41, 5.74) is 1.03. The summed E-state index contributed by atoms with van der Waals surface area (Å²) in [6.07, 6.45) is 1.85. The summed E-state index contributed by atoms with van der Waals surface area (Å²) in [6, 6.07) is 13.5. The van der Waals surface area contributed by atoms with Crippen molar-refractivity contribution in [2.24, 2.45) is 0 Å². The van der Waals surface area contributed by atoms with Crippen molar-refractivity contribution in [2.45, 2.75) is 26.7 Å². The first-order valence-corrected chi connectivity index (χ1v) is 8.32. The number of aryl methyl sites for hydroxylation is 1. The van der Waals surface area contributed by atoms with Gasteiger partial charge in [0.2, 0.25) is 0 Å². The van der Waals surface area contributed by atoms with Gasteiger partial charge in [-0.15, -0.1) is 0 Å². The van der Waals surface area contributed by atoms with Crippen LogP contribution in [0, 0.1) is 6.92 Å². The smallest absolute Gasteiger partial charge is 0.161 e. The highest BCUT2D eigenvalue weighted by molar-refractivity contribution is 6.31. The van der Waals surface area contributed by atoms with E-state index in [1.54, 1.807) is 0 Å². The Bertz CT molecular complexity index is 613. The molecule has 0 amide bonds. The average Bonchev–Trinajstić information content (AvgIpc) is 2.55. The molecule has 0 unspecified atom stereocenters. The van der Waals surface area contributed by atoms with Gasteiger partial charge in [-0.05, 0) is 62.6 Å². The van der Waals surface area contributed by atoms with Crippen molar-refractivity contribution in [1.82, 2.24) is 0 Å². The van der Waals surface area contributed by atoms with Gasteiger partial charge >= 0.3 is 0 Å². The molecule has 0 N–H and O–H groups in total. The van der Waals surface area contributed by atoms with Crippen molar-refractivity contribution in [2.75, 3.05) is 19.8 Å². The van der Waals surface area contributed by atoms with E-state index in [9.17, 15) is 0 Å². The maximum atomic E-state index is 5.99. The van der Waals surface area contributed by atoms with Crippen molar-refractivity contribution in [3.8, 4) is 17.2 Å². The lowest BCUT2D eigenvalue weighted by molar-refractivity contribution is 0.252. The molecule has 2 aromatic rings. The summed E-state index contributed by atoms with van der Waals surface area (Å²) in [4.78, 5) is 0. The van der Waals surface area contributed by atoms with E-state index in [1.165, 1.54) is 0 Å². The van der Waals surface area contributed by atoms with E-state index in [0.717, 1.165) is 40.7 Å². The van der Waals surface area contributed by atoms with Gasteiger partial charge in [0.1, 0.15) is 5.75 Å². The highest BCUT2D eigenvalue weighted by atomic mass is 35.5. The zero-order valence-corrected chi connectivity index (χ0v) is 14.4. The van der Waals surface area contributed by atoms with Gasteiger partial charge in [0.15, 0.2) is 11.5 Å². The lowest BCUT2D eigenvalue weighted by Gasteiger charge is -2.12. The second kappa shape index (κ2) is 9.31. The summed E-state index contributed by atoms with van der Waals surface area (Å²) in [5.74, 6) is 2.45. The quantitative estimate of drug-likeness (QED) is 0.583. The Hall–Kier alpha value is -1.87. The van der Waals surface area contributed by atoms with E-state index in [1.807, 2.05) is 56.3 Å². The van der Waals surface area contributed by atoms with Crippen LogP contribution in [0.15, 0.2) is 42.5 Å². The van der Waals surface area contributed by atoms with Crippen LogP contribution < -0.4 is 14.2 Å². The molecule has 0 aromatic heterocycles. The number of unbranched alkanes of at least 4 members (excludes halogenated alkanes) is 1. The van der Waals surface area contributed by atoms with Gasteiger partial charge in [0.25, 0.3) is 0 Å². The molecule has 2 aromatic carbocycles. The maximum Gasteiger partial charge on any atom is 0.161 e. The van der Waals surface area contributed by atoms with Crippen molar-refractivity contribution in [1.29, 1.82) is 0 Å². The Kier molecular flexibility index (Phi) is 7.08. The number of ether oxygens (including phenoxy) is 3. The van der Waals surface area contributed by atoms with E-state index in [-0.39, 0.29) is 0 Å². The number of rotatable bonds is 9. The highest BCUT2D eigenvalue weighted by Crippen LogP contribution is 2.26. The van der Waals surface area contributed by atoms with Crippen molar-refractivity contribution in [3.05, 3.63) is 53.1 Å². The van der Waals surface area contributed by atoms with Gasteiger partial charge < -0.3 is 14.2 Å². The monoisotopic (exact) mass is 334 g/mol. The third-order valence-electron chi connectivity index (χ3n) is 3.34. The fourth-order valence-corrected chi connectivity index (χ4v) is 2.24. The van der Waals surface area contributed by atoms with E-state index in [4.69, 9.17) is 25.8 Å². The van der Waals surface area contributed by atoms with Crippen LogP contribution in [0.2, 0.25) is 5.02 Å². The van der Waals surface area contributed by atoms with Gasteiger partial charge in [-0.25, -0.2) is 0 Å². The summed E-state index contributed by atoms with van der Waals surface area (Å²) in [5, 5.41) is 0.763. The molecule has 4 heteroatoms. The topological polar surface area (TPSA) is 27.7 Å². The summed E-state index contributed by atoms with van der Waals surface area (Å²) in [7, 11) is 0. The number of halogens is 1. The van der Waals surface area contributed by atoms with Crippen molar-refractivity contribution < 1.29 is 14.2 Å². The Morgan fingerprint density at radius 1 is 0.870 bits per heavy atom. The predicted molar refractivity (Wildman–Crippen MR) is 94.0 cm³/mol. The van der Waals surface area contributed by atoms with Gasteiger partial charge in [-0.2, -0.15) is 0 Å². The van der Waals surface area contributed by atoms with Crippen LogP contribution in [0.4, 0.5) is 0 Å². The molecule has 0 radical (unpaired) electrons. The van der Waals surface area contributed by atoms with Gasteiger partial charge in [0, 0.05) is 5.02 Å². The molecule has 2 rings (SSSR count). The van der Waals surface area contributed by atoms with Crippen LogP contribution in [0.25, 0.3) is 0 Å². The molecule has 0 fully saturated rings. The lowest BCUT2D eigenvalue weighted by Crippen LogP contribution is -2.04. The van der Waals surface area contributed by atoms with E-state index >= 15 is 0 Å². The molecule has 0 saturated carbocycles. The fourth-order valence-electron chi connectivity index (χ4n) is 2.13. The lowest BCUT2D eigenvalue weighted by atomic mass is 10.2. The zero-order valence-electron chi connectivity index (χ0n) is 13.7. The maximum absolute atomic E-state index is 5.99. The van der Waals surface area contributed by atoms with Crippen LogP contribution in [0.5, 0.6) is 17.2 Å². The molecular weight excluding hydrogens is 312 g/mol. The average molecular weight is 335 g/mol.